The van der Waals surface area contributed by atoms with Crippen molar-refractivity contribution in [2.24, 2.45) is 29.6 Å². The molecule has 2 aromatic carbocycles. The van der Waals surface area contributed by atoms with Crippen molar-refractivity contribution in [3.63, 3.8) is 0 Å². The van der Waals surface area contributed by atoms with E-state index in [2.05, 4.69) is 4.98 Å². The van der Waals surface area contributed by atoms with E-state index in [0.717, 1.165) is 32.4 Å². The normalized spacial score (nSPS) is 29.4. The zero-order valence-corrected chi connectivity index (χ0v) is 24.6. The zero-order valence-electron chi connectivity index (χ0n) is 21.4. The molecule has 12 heteroatoms. The standard InChI is InChI=1S/C29H24Cl2N2O6S2/c30-13-3-1-12(2-4-13)11-39-18-6-5-14(31)9-15(18)20-21-16-10-17(24(21)40-26-25(20)41-29(38)32-26)23-22(16)27(36)33(28(23)37)8-7-19(34)35/h1-6,9,16-17,20-24H,7-8,10-11H2,(H,32,38)(H,34,35)/t16?,17?,20-,21?,22?,23?,24?/m1/s1. The highest BCUT2D eigenvalue weighted by Crippen LogP contribution is 2.69. The van der Waals surface area contributed by atoms with Gasteiger partial charge in [-0.15, -0.1) is 11.8 Å². The lowest BCUT2D eigenvalue weighted by atomic mass is 9.68. The number of aromatic nitrogens is 1. The largest absolute Gasteiger partial charge is 0.489 e. The molecule has 2 aliphatic heterocycles. The van der Waals surface area contributed by atoms with Gasteiger partial charge < -0.3 is 14.8 Å². The van der Waals surface area contributed by atoms with Gasteiger partial charge in [0, 0.05) is 38.2 Å². The first-order valence-corrected chi connectivity index (χ1v) is 15.8. The molecule has 4 aliphatic rings. The Morgan fingerprint density at radius 2 is 1.73 bits per heavy atom. The van der Waals surface area contributed by atoms with Crippen LogP contribution in [0.1, 0.15) is 34.8 Å². The number of hydrogen-bond donors (Lipinski definition) is 2. The van der Waals surface area contributed by atoms with Crippen molar-refractivity contribution in [3.05, 3.63) is 78.2 Å². The van der Waals surface area contributed by atoms with E-state index in [9.17, 15) is 19.2 Å². The minimum atomic E-state index is -1.05. The second-order valence-corrected chi connectivity index (χ2v) is 14.1. The number of benzene rings is 2. The Morgan fingerprint density at radius 1 is 1.02 bits per heavy atom. The molecule has 2 saturated carbocycles. The first-order valence-electron chi connectivity index (χ1n) is 13.3. The summed E-state index contributed by atoms with van der Waals surface area (Å²) in [7, 11) is 0. The van der Waals surface area contributed by atoms with Crippen LogP contribution in [0.3, 0.4) is 0 Å². The molecule has 3 aromatic rings. The first-order chi connectivity index (χ1) is 19.7. The molecule has 3 fully saturated rings. The van der Waals surface area contributed by atoms with E-state index in [1.165, 1.54) is 11.3 Å². The smallest absolute Gasteiger partial charge is 0.305 e. The minimum absolute atomic E-state index is 0.00303. The number of nitrogens with one attached hydrogen (secondary N) is 1. The summed E-state index contributed by atoms with van der Waals surface area (Å²) in [6.07, 6.45) is 0.463. The lowest BCUT2D eigenvalue weighted by molar-refractivity contribution is -0.142. The fourth-order valence-corrected chi connectivity index (χ4v) is 10.7. The zero-order chi connectivity index (χ0) is 28.6. The van der Waals surface area contributed by atoms with E-state index in [4.69, 9.17) is 33.0 Å². The molecule has 2 bridgehead atoms. The second-order valence-electron chi connectivity index (χ2n) is 11.0. The number of aromatic amines is 1. The number of likely N-dealkylation sites (tertiary alicyclic amines) is 1. The predicted octanol–water partition coefficient (Wildman–Crippen LogP) is 5.27. The van der Waals surface area contributed by atoms with Crippen LogP contribution in [0.25, 0.3) is 0 Å². The Balaban J connectivity index is 1.27. The summed E-state index contributed by atoms with van der Waals surface area (Å²) in [5, 5.41) is 11.1. The summed E-state index contributed by atoms with van der Waals surface area (Å²) >= 11 is 15.3. The second kappa shape index (κ2) is 10.2. The van der Waals surface area contributed by atoms with E-state index in [1.807, 2.05) is 24.3 Å². The van der Waals surface area contributed by atoms with Crippen molar-refractivity contribution < 1.29 is 24.2 Å². The van der Waals surface area contributed by atoms with Crippen LogP contribution in [0.2, 0.25) is 10.0 Å². The quantitative estimate of drug-likeness (QED) is 0.342. The molecule has 1 aromatic heterocycles. The molecular weight excluding hydrogens is 607 g/mol. The molecule has 3 heterocycles. The van der Waals surface area contributed by atoms with Gasteiger partial charge in [0.1, 0.15) is 12.4 Å². The number of carbonyl (C=O) groups excluding carboxylic acids is 2. The summed E-state index contributed by atoms with van der Waals surface area (Å²) in [5.74, 6) is -2.31. The van der Waals surface area contributed by atoms with Crippen molar-refractivity contribution in [2.45, 2.75) is 35.6 Å². The molecule has 1 saturated heterocycles. The Labute approximate surface area is 253 Å². The molecule has 6 unspecified atom stereocenters. The number of carboxylic acids is 1. The van der Waals surface area contributed by atoms with Gasteiger partial charge in [-0.25, -0.2) is 0 Å². The number of carboxylic acid groups (broad SMARTS) is 1. The molecule has 41 heavy (non-hydrogen) atoms. The number of halogens is 2. The number of carbonyl (C=O) groups is 3. The maximum Gasteiger partial charge on any atom is 0.305 e. The van der Waals surface area contributed by atoms with Crippen molar-refractivity contribution in [3.8, 4) is 5.75 Å². The minimum Gasteiger partial charge on any atom is -0.489 e. The van der Waals surface area contributed by atoms with E-state index in [-0.39, 0.29) is 58.6 Å². The third kappa shape index (κ3) is 4.42. The van der Waals surface area contributed by atoms with Crippen LogP contribution in [0.5, 0.6) is 5.75 Å². The molecule has 212 valence electrons. The van der Waals surface area contributed by atoms with Gasteiger partial charge in [0.05, 0.1) is 23.3 Å². The SMILES string of the molecule is O=C(O)CCN1C(=O)C2C3CC(C2C1=O)C1C3Sc2[nH]c(=O)sc2[C@@H]1c1cc(Cl)ccc1OCc1ccc(Cl)cc1. The third-order valence-corrected chi connectivity index (χ3v) is 12.1. The van der Waals surface area contributed by atoms with Crippen LogP contribution in [0.4, 0.5) is 0 Å². The molecule has 2 aliphatic carbocycles. The Morgan fingerprint density at radius 3 is 2.46 bits per heavy atom. The summed E-state index contributed by atoms with van der Waals surface area (Å²) < 4.78 is 6.34. The highest BCUT2D eigenvalue weighted by atomic mass is 35.5. The van der Waals surface area contributed by atoms with Crippen LogP contribution < -0.4 is 9.61 Å². The Hall–Kier alpha value is -2.79. The van der Waals surface area contributed by atoms with Gasteiger partial charge >= 0.3 is 10.8 Å². The van der Waals surface area contributed by atoms with Gasteiger partial charge in [-0.3, -0.25) is 24.1 Å². The lowest BCUT2D eigenvalue weighted by Crippen LogP contribution is -2.42. The average molecular weight is 632 g/mol. The van der Waals surface area contributed by atoms with E-state index in [0.29, 0.717) is 22.4 Å². The average Bonchev–Trinajstić information content (AvgIpc) is 3.67. The van der Waals surface area contributed by atoms with E-state index >= 15 is 0 Å². The van der Waals surface area contributed by atoms with Crippen molar-refractivity contribution in [2.75, 3.05) is 6.54 Å². The Bertz CT molecular complexity index is 1640. The maximum absolute atomic E-state index is 13.6. The fourth-order valence-electron chi connectivity index (χ4n) is 7.49. The molecule has 7 rings (SSSR count). The third-order valence-electron chi connectivity index (χ3n) is 8.98. The van der Waals surface area contributed by atoms with Crippen molar-refractivity contribution >= 4 is 64.1 Å². The number of aliphatic carboxylic acids is 1. The number of H-pyrrole nitrogens is 1. The molecule has 8 nitrogen and oxygen atoms in total. The van der Waals surface area contributed by atoms with Crippen molar-refractivity contribution in [1.29, 1.82) is 0 Å². The monoisotopic (exact) mass is 630 g/mol. The van der Waals surface area contributed by atoms with Crippen LogP contribution in [-0.4, -0.2) is 44.6 Å². The van der Waals surface area contributed by atoms with Gasteiger partial charge in [-0.2, -0.15) is 0 Å². The molecule has 7 atom stereocenters. The number of ether oxygens (including phenoxy) is 1. The fraction of sp³-hybridized carbons (Fsp3) is 0.379. The van der Waals surface area contributed by atoms with Gasteiger partial charge in [0.15, 0.2) is 0 Å². The van der Waals surface area contributed by atoms with Gasteiger partial charge in [0.2, 0.25) is 11.8 Å². The Kier molecular flexibility index (Phi) is 6.72. The number of fused-ring (bicyclic) bond motifs is 9. The summed E-state index contributed by atoms with van der Waals surface area (Å²) in [6, 6.07) is 12.9. The highest BCUT2D eigenvalue weighted by Gasteiger charge is 2.69. The van der Waals surface area contributed by atoms with E-state index in [1.54, 1.807) is 30.0 Å². The topological polar surface area (TPSA) is 117 Å². The number of imide groups is 1. The summed E-state index contributed by atoms with van der Waals surface area (Å²) in [5.41, 5.74) is 1.79. The van der Waals surface area contributed by atoms with Crippen LogP contribution in [0, 0.1) is 29.6 Å². The van der Waals surface area contributed by atoms with Crippen LogP contribution in [-0.2, 0) is 21.0 Å². The first kappa shape index (κ1) is 27.1. The maximum atomic E-state index is 13.6. The molecule has 2 N–H and O–H groups in total. The van der Waals surface area contributed by atoms with Crippen LogP contribution in [0.15, 0.2) is 52.3 Å². The number of hydrogen-bond acceptors (Lipinski definition) is 7. The highest BCUT2D eigenvalue weighted by molar-refractivity contribution is 8.00. The lowest BCUT2D eigenvalue weighted by Gasteiger charge is -2.43. The number of thioether (sulfide) groups is 1. The van der Waals surface area contributed by atoms with E-state index < -0.39 is 17.8 Å². The number of rotatable bonds is 7. The molecule has 2 amide bonds. The summed E-state index contributed by atoms with van der Waals surface area (Å²) in [4.78, 5) is 55.7. The molecule has 0 spiro atoms. The molecular formula is C29H24Cl2N2O6S2. The molecule has 0 radical (unpaired) electrons. The number of thiazole rings is 1. The van der Waals surface area contributed by atoms with Crippen molar-refractivity contribution in [1.82, 2.24) is 9.88 Å². The van der Waals surface area contributed by atoms with Gasteiger partial charge in [0.25, 0.3) is 0 Å². The summed E-state index contributed by atoms with van der Waals surface area (Å²) in [6.45, 7) is 0.197. The van der Waals surface area contributed by atoms with Gasteiger partial charge in [-0.1, -0.05) is 46.7 Å². The van der Waals surface area contributed by atoms with Gasteiger partial charge in [-0.05, 0) is 60.1 Å². The van der Waals surface area contributed by atoms with Crippen LogP contribution >= 0.6 is 46.3 Å². The number of amides is 2. The number of nitrogens with zero attached hydrogens (tertiary/aromatic N) is 1. The predicted molar refractivity (Wildman–Crippen MR) is 155 cm³/mol.